The van der Waals surface area contributed by atoms with Crippen molar-refractivity contribution < 1.29 is 9.59 Å². The van der Waals surface area contributed by atoms with Gasteiger partial charge < -0.3 is 10.2 Å². The van der Waals surface area contributed by atoms with Crippen LogP contribution in [0.25, 0.3) is 0 Å². The van der Waals surface area contributed by atoms with Gasteiger partial charge in [0.25, 0.3) is 0 Å². The number of hydrogen-bond acceptors (Lipinski definition) is 2. The fraction of sp³-hybridized carbons (Fsp3) is 0.500. The number of rotatable bonds is 4. The lowest BCUT2D eigenvalue weighted by atomic mass is 9.91. The fourth-order valence-corrected chi connectivity index (χ4v) is 2.71. The SMILES string of the molecule is CCC(=O)C1CCN(C(=O)NCc2ccc(Cl)cc2)CC1. The van der Waals surface area contributed by atoms with Crippen molar-refractivity contribution in [1.29, 1.82) is 0 Å². The summed E-state index contributed by atoms with van der Waals surface area (Å²) in [7, 11) is 0. The Morgan fingerprint density at radius 3 is 2.43 bits per heavy atom. The Morgan fingerprint density at radius 1 is 1.24 bits per heavy atom. The number of benzene rings is 1. The van der Waals surface area contributed by atoms with Crippen LogP contribution >= 0.6 is 11.6 Å². The van der Waals surface area contributed by atoms with Gasteiger partial charge in [0.1, 0.15) is 5.78 Å². The predicted molar refractivity (Wildman–Crippen MR) is 83.3 cm³/mol. The Morgan fingerprint density at radius 2 is 1.86 bits per heavy atom. The molecule has 21 heavy (non-hydrogen) atoms. The molecule has 0 aliphatic carbocycles. The van der Waals surface area contributed by atoms with Gasteiger partial charge in [-0.3, -0.25) is 4.79 Å². The standard InChI is InChI=1S/C16H21ClN2O2/c1-2-15(20)13-7-9-19(10-8-13)16(21)18-11-12-3-5-14(17)6-4-12/h3-6,13H,2,7-11H2,1H3,(H,18,21). The number of likely N-dealkylation sites (tertiary alicyclic amines) is 1. The maximum Gasteiger partial charge on any atom is 0.317 e. The van der Waals surface area contributed by atoms with E-state index in [1.807, 2.05) is 31.2 Å². The van der Waals surface area contributed by atoms with Crippen LogP contribution in [0.1, 0.15) is 31.7 Å². The molecule has 4 nitrogen and oxygen atoms in total. The summed E-state index contributed by atoms with van der Waals surface area (Å²) in [5.41, 5.74) is 1.02. The van der Waals surface area contributed by atoms with Crippen LogP contribution in [-0.4, -0.2) is 29.8 Å². The molecule has 1 aromatic carbocycles. The molecule has 1 saturated heterocycles. The molecule has 0 saturated carbocycles. The lowest BCUT2D eigenvalue weighted by Crippen LogP contribution is -2.45. The number of nitrogens with zero attached hydrogens (tertiary/aromatic N) is 1. The zero-order chi connectivity index (χ0) is 15.2. The van der Waals surface area contributed by atoms with E-state index in [0.717, 1.165) is 18.4 Å². The first-order valence-corrected chi connectivity index (χ1v) is 7.78. The third kappa shape index (κ3) is 4.46. The normalized spacial score (nSPS) is 15.8. The van der Waals surface area contributed by atoms with E-state index in [2.05, 4.69) is 5.32 Å². The Bertz CT molecular complexity index is 494. The molecule has 2 rings (SSSR count). The summed E-state index contributed by atoms with van der Waals surface area (Å²) in [6.45, 7) is 3.70. The molecule has 1 aromatic rings. The second-order valence-corrected chi connectivity index (χ2v) is 5.80. The number of Topliss-reactive ketones (excluding diaryl/α,β-unsaturated/α-hetero) is 1. The van der Waals surface area contributed by atoms with Gasteiger partial charge in [-0.05, 0) is 30.5 Å². The number of urea groups is 1. The number of carbonyl (C=O) groups is 2. The van der Waals surface area contributed by atoms with Crippen LogP contribution in [0, 0.1) is 5.92 Å². The molecule has 0 unspecified atom stereocenters. The van der Waals surface area contributed by atoms with Crippen molar-refractivity contribution in [1.82, 2.24) is 10.2 Å². The van der Waals surface area contributed by atoms with Crippen molar-refractivity contribution in [2.75, 3.05) is 13.1 Å². The first kappa shape index (κ1) is 15.8. The molecule has 0 atom stereocenters. The van der Waals surface area contributed by atoms with Crippen molar-refractivity contribution >= 4 is 23.4 Å². The number of carbonyl (C=O) groups excluding carboxylic acids is 2. The summed E-state index contributed by atoms with van der Waals surface area (Å²) in [4.78, 5) is 25.5. The van der Waals surface area contributed by atoms with Gasteiger partial charge in [0.05, 0.1) is 0 Å². The maximum absolute atomic E-state index is 12.1. The van der Waals surface area contributed by atoms with E-state index in [-0.39, 0.29) is 11.9 Å². The molecule has 1 N–H and O–H groups in total. The highest BCUT2D eigenvalue weighted by Gasteiger charge is 2.25. The number of amides is 2. The molecule has 0 aromatic heterocycles. The van der Waals surface area contributed by atoms with Gasteiger partial charge in [0, 0.05) is 37.0 Å². The lowest BCUT2D eigenvalue weighted by Gasteiger charge is -2.31. The van der Waals surface area contributed by atoms with Gasteiger partial charge in [-0.15, -0.1) is 0 Å². The number of halogens is 1. The third-order valence-corrected chi connectivity index (χ3v) is 4.19. The van der Waals surface area contributed by atoms with Crippen LogP contribution in [0.3, 0.4) is 0 Å². The number of hydrogen-bond donors (Lipinski definition) is 1. The monoisotopic (exact) mass is 308 g/mol. The van der Waals surface area contributed by atoms with E-state index < -0.39 is 0 Å². The van der Waals surface area contributed by atoms with E-state index in [9.17, 15) is 9.59 Å². The molecule has 0 spiro atoms. The van der Waals surface area contributed by atoms with Crippen molar-refractivity contribution in [3.8, 4) is 0 Å². The number of ketones is 1. The Balaban J connectivity index is 1.77. The smallest absolute Gasteiger partial charge is 0.317 e. The average molecular weight is 309 g/mol. The van der Waals surface area contributed by atoms with E-state index in [0.29, 0.717) is 36.9 Å². The number of nitrogens with one attached hydrogen (secondary N) is 1. The largest absolute Gasteiger partial charge is 0.334 e. The van der Waals surface area contributed by atoms with Gasteiger partial charge in [-0.25, -0.2) is 4.79 Å². The van der Waals surface area contributed by atoms with Crippen LogP contribution in [0.4, 0.5) is 4.79 Å². The highest BCUT2D eigenvalue weighted by atomic mass is 35.5. The van der Waals surface area contributed by atoms with Crippen molar-refractivity contribution in [2.24, 2.45) is 5.92 Å². The summed E-state index contributed by atoms with van der Waals surface area (Å²) >= 11 is 5.82. The second kappa shape index (κ2) is 7.46. The van der Waals surface area contributed by atoms with Crippen molar-refractivity contribution in [3.05, 3.63) is 34.9 Å². The summed E-state index contributed by atoms with van der Waals surface area (Å²) in [6, 6.07) is 7.35. The van der Waals surface area contributed by atoms with E-state index in [4.69, 9.17) is 11.6 Å². The maximum atomic E-state index is 12.1. The predicted octanol–water partition coefficient (Wildman–Crippen LogP) is 3.24. The molecule has 0 bridgehead atoms. The second-order valence-electron chi connectivity index (χ2n) is 5.37. The highest BCUT2D eigenvalue weighted by Crippen LogP contribution is 2.19. The molecule has 1 aliphatic rings. The zero-order valence-electron chi connectivity index (χ0n) is 12.3. The molecule has 5 heteroatoms. The lowest BCUT2D eigenvalue weighted by molar-refractivity contribution is -0.123. The van der Waals surface area contributed by atoms with Gasteiger partial charge in [-0.2, -0.15) is 0 Å². The zero-order valence-corrected chi connectivity index (χ0v) is 13.0. The van der Waals surface area contributed by atoms with Crippen LogP contribution < -0.4 is 5.32 Å². The van der Waals surface area contributed by atoms with E-state index in [1.54, 1.807) is 4.90 Å². The first-order chi connectivity index (χ1) is 10.1. The van der Waals surface area contributed by atoms with Gasteiger partial charge >= 0.3 is 6.03 Å². The molecule has 1 fully saturated rings. The summed E-state index contributed by atoms with van der Waals surface area (Å²) < 4.78 is 0. The minimum Gasteiger partial charge on any atom is -0.334 e. The van der Waals surface area contributed by atoms with Gasteiger partial charge in [-0.1, -0.05) is 30.7 Å². The van der Waals surface area contributed by atoms with Gasteiger partial charge in [0.15, 0.2) is 0 Å². The molecule has 114 valence electrons. The van der Waals surface area contributed by atoms with Crippen LogP contribution in [-0.2, 0) is 11.3 Å². The molecule has 1 heterocycles. The minimum atomic E-state index is -0.0626. The molecule has 2 amide bonds. The summed E-state index contributed by atoms with van der Waals surface area (Å²) in [5.74, 6) is 0.450. The Labute approximate surface area is 130 Å². The molecule has 1 aliphatic heterocycles. The average Bonchev–Trinajstić information content (AvgIpc) is 2.53. The van der Waals surface area contributed by atoms with Crippen LogP contribution in [0.15, 0.2) is 24.3 Å². The molecular weight excluding hydrogens is 288 g/mol. The Kier molecular flexibility index (Phi) is 5.62. The van der Waals surface area contributed by atoms with Crippen molar-refractivity contribution in [3.63, 3.8) is 0 Å². The summed E-state index contributed by atoms with van der Waals surface area (Å²) in [5, 5.41) is 3.59. The topological polar surface area (TPSA) is 49.4 Å². The van der Waals surface area contributed by atoms with Crippen molar-refractivity contribution in [2.45, 2.75) is 32.7 Å². The van der Waals surface area contributed by atoms with Crippen LogP contribution in [0.2, 0.25) is 5.02 Å². The minimum absolute atomic E-state index is 0.0626. The third-order valence-electron chi connectivity index (χ3n) is 3.94. The van der Waals surface area contributed by atoms with Gasteiger partial charge in [0.2, 0.25) is 0 Å². The van der Waals surface area contributed by atoms with E-state index >= 15 is 0 Å². The Hall–Kier alpha value is -1.55. The number of piperidine rings is 1. The quantitative estimate of drug-likeness (QED) is 0.928. The summed E-state index contributed by atoms with van der Waals surface area (Å²) in [6.07, 6.45) is 2.15. The first-order valence-electron chi connectivity index (χ1n) is 7.40. The fourth-order valence-electron chi connectivity index (χ4n) is 2.58. The molecular formula is C16H21ClN2O2. The van der Waals surface area contributed by atoms with E-state index in [1.165, 1.54) is 0 Å². The van der Waals surface area contributed by atoms with Crippen LogP contribution in [0.5, 0.6) is 0 Å². The highest BCUT2D eigenvalue weighted by molar-refractivity contribution is 6.30. The molecule has 0 radical (unpaired) electrons.